The van der Waals surface area contributed by atoms with E-state index in [0.29, 0.717) is 6.04 Å². The number of benzene rings is 1. The van der Waals surface area contributed by atoms with E-state index in [9.17, 15) is 0 Å². The lowest BCUT2D eigenvalue weighted by molar-refractivity contribution is 0.479. The predicted octanol–water partition coefficient (Wildman–Crippen LogP) is 2.10. The molecule has 0 radical (unpaired) electrons. The molecule has 0 saturated carbocycles. The molecule has 0 aliphatic carbocycles. The van der Waals surface area contributed by atoms with Crippen LogP contribution in [-0.2, 0) is 0 Å². The first kappa shape index (κ1) is 11.4. The molecule has 18 heavy (non-hydrogen) atoms. The van der Waals surface area contributed by atoms with Crippen molar-refractivity contribution in [1.82, 2.24) is 15.3 Å². The smallest absolute Gasteiger partial charge is 0.148 e. The molecule has 1 unspecified atom stereocenters. The Labute approximate surface area is 107 Å². The molecule has 94 valence electrons. The Morgan fingerprint density at radius 3 is 2.72 bits per heavy atom. The van der Waals surface area contributed by atoms with Crippen LogP contribution in [0.25, 0.3) is 11.0 Å². The first-order valence-corrected chi connectivity index (χ1v) is 6.53. The summed E-state index contributed by atoms with van der Waals surface area (Å²) in [7, 11) is 0. The molecule has 1 aromatic carbocycles. The summed E-state index contributed by atoms with van der Waals surface area (Å²) < 4.78 is 0. The minimum absolute atomic E-state index is 0.466. The van der Waals surface area contributed by atoms with Gasteiger partial charge in [0.05, 0.1) is 16.7 Å². The van der Waals surface area contributed by atoms with Crippen molar-refractivity contribution in [3.05, 3.63) is 30.0 Å². The molecule has 0 spiro atoms. The van der Waals surface area contributed by atoms with Gasteiger partial charge in [-0.25, -0.2) is 9.97 Å². The van der Waals surface area contributed by atoms with Gasteiger partial charge in [0.15, 0.2) is 0 Å². The Morgan fingerprint density at radius 2 is 2.00 bits per heavy atom. The van der Waals surface area contributed by atoms with Gasteiger partial charge in [-0.2, -0.15) is 0 Å². The SMILES string of the molecule is Cc1nc2ccccc2nc1NC1CCCNC1. The van der Waals surface area contributed by atoms with Crippen LogP contribution in [0.15, 0.2) is 24.3 Å². The molecule has 1 saturated heterocycles. The highest BCUT2D eigenvalue weighted by Gasteiger charge is 2.14. The van der Waals surface area contributed by atoms with Crippen molar-refractivity contribution in [2.24, 2.45) is 0 Å². The number of nitrogens with zero attached hydrogens (tertiary/aromatic N) is 2. The Morgan fingerprint density at radius 1 is 1.22 bits per heavy atom. The standard InChI is InChI=1S/C14H18N4/c1-10-14(17-11-5-4-8-15-9-11)18-13-7-3-2-6-12(13)16-10/h2-3,6-7,11,15H,4-5,8-9H2,1H3,(H,17,18). The fraction of sp³-hybridized carbons (Fsp3) is 0.429. The van der Waals surface area contributed by atoms with Crippen LogP contribution in [0.4, 0.5) is 5.82 Å². The maximum atomic E-state index is 4.67. The summed E-state index contributed by atoms with van der Waals surface area (Å²) in [5.41, 5.74) is 2.89. The van der Waals surface area contributed by atoms with Crippen LogP contribution in [0.5, 0.6) is 0 Å². The Bertz CT molecular complexity index is 546. The van der Waals surface area contributed by atoms with Gasteiger partial charge in [-0.3, -0.25) is 0 Å². The van der Waals surface area contributed by atoms with Gasteiger partial charge in [0.2, 0.25) is 0 Å². The lowest BCUT2D eigenvalue weighted by Crippen LogP contribution is -2.38. The number of aromatic nitrogens is 2. The van der Waals surface area contributed by atoms with Gasteiger partial charge < -0.3 is 10.6 Å². The van der Waals surface area contributed by atoms with Gasteiger partial charge in [0.25, 0.3) is 0 Å². The second kappa shape index (κ2) is 4.90. The van der Waals surface area contributed by atoms with Gasteiger partial charge >= 0.3 is 0 Å². The maximum Gasteiger partial charge on any atom is 0.148 e. The number of para-hydroxylation sites is 2. The van der Waals surface area contributed by atoms with Crippen LogP contribution in [0.1, 0.15) is 18.5 Å². The monoisotopic (exact) mass is 242 g/mol. The summed E-state index contributed by atoms with van der Waals surface area (Å²) in [6, 6.07) is 8.47. The molecular formula is C14H18N4. The van der Waals surface area contributed by atoms with E-state index >= 15 is 0 Å². The predicted molar refractivity (Wildman–Crippen MR) is 73.8 cm³/mol. The lowest BCUT2D eigenvalue weighted by atomic mass is 10.1. The number of piperidine rings is 1. The number of fused-ring (bicyclic) bond motifs is 1. The summed E-state index contributed by atoms with van der Waals surface area (Å²) in [6.07, 6.45) is 2.42. The van der Waals surface area contributed by atoms with Crippen molar-refractivity contribution in [2.75, 3.05) is 18.4 Å². The van der Waals surface area contributed by atoms with Crippen LogP contribution in [0.3, 0.4) is 0 Å². The summed E-state index contributed by atoms with van der Waals surface area (Å²) in [4.78, 5) is 9.26. The van der Waals surface area contributed by atoms with Gasteiger partial charge in [-0.1, -0.05) is 12.1 Å². The Hall–Kier alpha value is -1.68. The van der Waals surface area contributed by atoms with Gasteiger partial charge in [-0.05, 0) is 38.4 Å². The molecule has 2 aromatic rings. The Kier molecular flexibility index (Phi) is 3.11. The first-order valence-electron chi connectivity index (χ1n) is 6.53. The van der Waals surface area contributed by atoms with E-state index in [1.165, 1.54) is 12.8 Å². The van der Waals surface area contributed by atoms with E-state index in [0.717, 1.165) is 35.6 Å². The van der Waals surface area contributed by atoms with E-state index in [4.69, 9.17) is 0 Å². The van der Waals surface area contributed by atoms with Crippen molar-refractivity contribution in [2.45, 2.75) is 25.8 Å². The molecule has 4 heteroatoms. The summed E-state index contributed by atoms with van der Waals surface area (Å²) in [6.45, 7) is 4.15. The largest absolute Gasteiger partial charge is 0.365 e. The number of hydrogen-bond donors (Lipinski definition) is 2. The molecule has 1 fully saturated rings. The molecule has 1 aliphatic heterocycles. The van der Waals surface area contributed by atoms with Gasteiger partial charge in [0, 0.05) is 12.6 Å². The van der Waals surface area contributed by atoms with Crippen LogP contribution in [0.2, 0.25) is 0 Å². The number of nitrogens with one attached hydrogen (secondary N) is 2. The zero-order chi connectivity index (χ0) is 12.4. The quantitative estimate of drug-likeness (QED) is 0.846. The molecular weight excluding hydrogens is 224 g/mol. The molecule has 4 nitrogen and oxygen atoms in total. The molecule has 0 bridgehead atoms. The number of hydrogen-bond acceptors (Lipinski definition) is 4. The van der Waals surface area contributed by atoms with Crippen LogP contribution < -0.4 is 10.6 Å². The number of aryl methyl sites for hydroxylation is 1. The lowest BCUT2D eigenvalue weighted by Gasteiger charge is -2.24. The summed E-state index contributed by atoms with van der Waals surface area (Å²) in [5, 5.41) is 6.91. The van der Waals surface area contributed by atoms with Crippen molar-refractivity contribution in [3.63, 3.8) is 0 Å². The van der Waals surface area contributed by atoms with Crippen LogP contribution in [0, 0.1) is 6.92 Å². The van der Waals surface area contributed by atoms with E-state index in [-0.39, 0.29) is 0 Å². The molecule has 0 amide bonds. The third-order valence-corrected chi connectivity index (χ3v) is 3.38. The highest BCUT2D eigenvalue weighted by atomic mass is 15.1. The van der Waals surface area contributed by atoms with Crippen molar-refractivity contribution >= 4 is 16.9 Å². The van der Waals surface area contributed by atoms with Crippen molar-refractivity contribution in [3.8, 4) is 0 Å². The highest BCUT2D eigenvalue weighted by Crippen LogP contribution is 2.18. The molecule has 1 aliphatic rings. The zero-order valence-corrected chi connectivity index (χ0v) is 10.6. The van der Waals surface area contributed by atoms with Crippen LogP contribution >= 0.6 is 0 Å². The van der Waals surface area contributed by atoms with E-state index in [1.807, 2.05) is 31.2 Å². The Balaban J connectivity index is 1.88. The minimum atomic E-state index is 0.466. The second-order valence-corrected chi connectivity index (χ2v) is 4.83. The average Bonchev–Trinajstić information content (AvgIpc) is 2.41. The first-order chi connectivity index (χ1) is 8.83. The fourth-order valence-corrected chi connectivity index (χ4v) is 2.39. The van der Waals surface area contributed by atoms with Crippen molar-refractivity contribution < 1.29 is 0 Å². The molecule has 3 rings (SSSR count). The van der Waals surface area contributed by atoms with E-state index in [1.54, 1.807) is 0 Å². The minimum Gasteiger partial charge on any atom is -0.365 e. The molecule has 1 aromatic heterocycles. The third-order valence-electron chi connectivity index (χ3n) is 3.38. The summed E-state index contributed by atoms with van der Waals surface area (Å²) in [5.74, 6) is 0.919. The van der Waals surface area contributed by atoms with Gasteiger partial charge in [0.1, 0.15) is 5.82 Å². The topological polar surface area (TPSA) is 49.8 Å². The van der Waals surface area contributed by atoms with E-state index in [2.05, 4.69) is 20.6 Å². The zero-order valence-electron chi connectivity index (χ0n) is 10.6. The molecule has 2 N–H and O–H groups in total. The highest BCUT2D eigenvalue weighted by molar-refractivity contribution is 5.76. The maximum absolute atomic E-state index is 4.67. The fourth-order valence-electron chi connectivity index (χ4n) is 2.39. The number of anilines is 1. The van der Waals surface area contributed by atoms with Crippen molar-refractivity contribution in [1.29, 1.82) is 0 Å². The third kappa shape index (κ3) is 2.29. The average molecular weight is 242 g/mol. The van der Waals surface area contributed by atoms with Crippen LogP contribution in [-0.4, -0.2) is 29.1 Å². The molecule has 2 heterocycles. The van der Waals surface area contributed by atoms with E-state index < -0.39 is 0 Å². The normalized spacial score (nSPS) is 19.9. The second-order valence-electron chi connectivity index (χ2n) is 4.83. The summed E-state index contributed by atoms with van der Waals surface area (Å²) >= 11 is 0. The number of rotatable bonds is 2. The van der Waals surface area contributed by atoms with Gasteiger partial charge in [-0.15, -0.1) is 0 Å². The molecule has 1 atom stereocenters.